The summed E-state index contributed by atoms with van der Waals surface area (Å²) in [4.78, 5) is 25.5. The van der Waals surface area contributed by atoms with Gasteiger partial charge in [0.2, 0.25) is 5.43 Å². The third-order valence-corrected chi connectivity index (χ3v) is 4.64. The molecule has 0 radical (unpaired) electrons. The lowest BCUT2D eigenvalue weighted by molar-refractivity contribution is -0.137. The Morgan fingerprint density at radius 3 is 2.43 bits per heavy atom. The Morgan fingerprint density at radius 2 is 1.82 bits per heavy atom. The number of halogens is 3. The number of aromatic nitrogens is 1. The average molecular weight is 388 g/mol. The number of amides is 1. The third-order valence-electron chi connectivity index (χ3n) is 4.64. The third kappa shape index (κ3) is 3.78. The highest BCUT2D eigenvalue weighted by atomic mass is 19.4. The van der Waals surface area contributed by atoms with Crippen LogP contribution in [0.4, 0.5) is 13.2 Å². The Morgan fingerprint density at radius 1 is 1.14 bits per heavy atom. The molecule has 0 bridgehead atoms. The van der Waals surface area contributed by atoms with Crippen molar-refractivity contribution >= 4 is 16.8 Å². The van der Waals surface area contributed by atoms with E-state index in [4.69, 9.17) is 0 Å². The highest BCUT2D eigenvalue weighted by molar-refractivity contribution is 5.97. The van der Waals surface area contributed by atoms with Crippen molar-refractivity contribution in [2.45, 2.75) is 32.6 Å². The number of nitrogens with zero attached hydrogens (tertiary/aromatic N) is 1. The summed E-state index contributed by atoms with van der Waals surface area (Å²) in [5, 5.41) is 2.61. The van der Waals surface area contributed by atoms with Crippen molar-refractivity contribution in [1.29, 1.82) is 0 Å². The minimum atomic E-state index is -4.57. The van der Waals surface area contributed by atoms with Crippen molar-refractivity contribution in [1.82, 2.24) is 9.88 Å². The monoisotopic (exact) mass is 388 g/mol. The lowest BCUT2D eigenvalue weighted by Crippen LogP contribution is -2.32. The van der Waals surface area contributed by atoms with Gasteiger partial charge in [0.25, 0.3) is 5.91 Å². The maximum Gasteiger partial charge on any atom is 0.416 e. The molecule has 0 aliphatic heterocycles. The van der Waals surface area contributed by atoms with Crippen LogP contribution in [0.25, 0.3) is 10.9 Å². The van der Waals surface area contributed by atoms with Crippen molar-refractivity contribution in [3.05, 3.63) is 81.6 Å². The topological polar surface area (TPSA) is 51.1 Å². The summed E-state index contributed by atoms with van der Waals surface area (Å²) < 4.78 is 40.8. The van der Waals surface area contributed by atoms with Crippen LogP contribution in [0.2, 0.25) is 0 Å². The van der Waals surface area contributed by atoms with Gasteiger partial charge in [-0.3, -0.25) is 9.59 Å². The van der Waals surface area contributed by atoms with Gasteiger partial charge in [0, 0.05) is 18.1 Å². The molecule has 3 rings (SSSR count). The van der Waals surface area contributed by atoms with Gasteiger partial charge < -0.3 is 9.88 Å². The average Bonchev–Trinajstić information content (AvgIpc) is 2.68. The molecule has 146 valence electrons. The van der Waals surface area contributed by atoms with E-state index in [1.165, 1.54) is 12.3 Å². The first-order chi connectivity index (χ1) is 13.2. The lowest BCUT2D eigenvalue weighted by Gasteiger charge is -2.16. The molecule has 28 heavy (non-hydrogen) atoms. The fourth-order valence-corrected chi connectivity index (χ4v) is 3.10. The molecule has 0 fully saturated rings. The molecule has 3 aromatic rings. The van der Waals surface area contributed by atoms with Gasteiger partial charge in [-0.05, 0) is 37.6 Å². The summed E-state index contributed by atoms with van der Waals surface area (Å²) >= 11 is 0. The number of nitrogens with one attached hydrogen (secondary N) is 1. The summed E-state index contributed by atoms with van der Waals surface area (Å²) in [5.74, 6) is -0.622. The normalized spacial score (nSPS) is 12.8. The number of carbonyl (C=O) groups excluding carboxylic acids is 1. The molecular formula is C21H19F3N2O2. The van der Waals surface area contributed by atoms with Gasteiger partial charge in [-0.2, -0.15) is 13.2 Å². The van der Waals surface area contributed by atoms with E-state index >= 15 is 0 Å². The first kappa shape index (κ1) is 19.7. The molecule has 7 heteroatoms. The van der Waals surface area contributed by atoms with E-state index in [-0.39, 0.29) is 17.0 Å². The first-order valence-electron chi connectivity index (χ1n) is 8.82. The number of pyridine rings is 1. The number of rotatable bonds is 4. The van der Waals surface area contributed by atoms with Gasteiger partial charge >= 0.3 is 6.18 Å². The van der Waals surface area contributed by atoms with E-state index in [9.17, 15) is 22.8 Å². The van der Waals surface area contributed by atoms with Crippen LogP contribution in [-0.4, -0.2) is 10.5 Å². The van der Waals surface area contributed by atoms with E-state index in [1.807, 2.05) is 30.3 Å². The van der Waals surface area contributed by atoms with Gasteiger partial charge in [0.15, 0.2) is 0 Å². The number of alkyl halides is 3. The summed E-state index contributed by atoms with van der Waals surface area (Å²) in [6.45, 7) is 3.96. The second kappa shape index (κ2) is 7.50. The Balaban J connectivity index is 2.06. The molecule has 1 amide bonds. The lowest BCUT2D eigenvalue weighted by atomic mass is 10.1. The zero-order valence-electron chi connectivity index (χ0n) is 15.4. The molecule has 0 unspecified atom stereocenters. The number of fused-ring (bicyclic) bond motifs is 1. The zero-order chi connectivity index (χ0) is 20.5. The SMILES string of the molecule is CCn1cc(C(=O)N[C@@H](C)c2ccccc2)c(=O)c2cc(C(F)(F)F)ccc21. The highest BCUT2D eigenvalue weighted by Crippen LogP contribution is 2.30. The van der Waals surface area contributed by atoms with Gasteiger partial charge in [-0.15, -0.1) is 0 Å². The molecule has 4 nitrogen and oxygen atoms in total. The quantitative estimate of drug-likeness (QED) is 0.714. The number of carbonyl (C=O) groups is 1. The van der Waals surface area contributed by atoms with Crippen molar-refractivity contribution < 1.29 is 18.0 Å². The number of benzene rings is 2. The standard InChI is InChI=1S/C21H19F3N2O2/c1-3-26-12-17(20(28)25-13(2)14-7-5-4-6-8-14)19(27)16-11-15(21(22,23)24)9-10-18(16)26/h4-13H,3H2,1-2H3,(H,25,28)/t13-/m0/s1. The molecule has 0 saturated heterocycles. The molecule has 0 aliphatic rings. The maximum atomic E-state index is 13.1. The second-order valence-electron chi connectivity index (χ2n) is 6.49. The summed E-state index contributed by atoms with van der Waals surface area (Å²) in [7, 11) is 0. The fraction of sp³-hybridized carbons (Fsp3) is 0.238. The van der Waals surface area contributed by atoms with Crippen LogP contribution in [0.15, 0.2) is 59.5 Å². The van der Waals surface area contributed by atoms with E-state index in [0.717, 1.165) is 17.7 Å². The van der Waals surface area contributed by atoms with E-state index in [0.29, 0.717) is 12.1 Å². The van der Waals surface area contributed by atoms with Gasteiger partial charge in [-0.25, -0.2) is 0 Å². The van der Waals surface area contributed by atoms with E-state index < -0.39 is 23.1 Å². The minimum absolute atomic E-state index is 0.128. The minimum Gasteiger partial charge on any atom is -0.347 e. The molecule has 0 saturated carbocycles. The van der Waals surface area contributed by atoms with Crippen LogP contribution in [0.3, 0.4) is 0 Å². The van der Waals surface area contributed by atoms with Crippen LogP contribution in [0.1, 0.15) is 41.4 Å². The van der Waals surface area contributed by atoms with Crippen LogP contribution in [0.5, 0.6) is 0 Å². The Bertz CT molecular complexity index is 1070. The van der Waals surface area contributed by atoms with Gasteiger partial charge in [-0.1, -0.05) is 30.3 Å². The molecule has 0 spiro atoms. The highest BCUT2D eigenvalue weighted by Gasteiger charge is 2.31. The Labute approximate surface area is 159 Å². The number of hydrogen-bond donors (Lipinski definition) is 1. The molecular weight excluding hydrogens is 369 g/mol. The Kier molecular flexibility index (Phi) is 5.27. The molecule has 1 aromatic heterocycles. The van der Waals surface area contributed by atoms with Crippen molar-refractivity contribution in [2.75, 3.05) is 0 Å². The van der Waals surface area contributed by atoms with Crippen LogP contribution >= 0.6 is 0 Å². The predicted octanol–water partition coefficient (Wildman–Crippen LogP) is 4.53. The number of hydrogen-bond acceptors (Lipinski definition) is 2. The Hall–Kier alpha value is -3.09. The molecule has 1 atom stereocenters. The molecule has 2 aromatic carbocycles. The first-order valence-corrected chi connectivity index (χ1v) is 8.82. The second-order valence-corrected chi connectivity index (χ2v) is 6.49. The summed E-state index contributed by atoms with van der Waals surface area (Å²) in [6.07, 6.45) is -3.18. The van der Waals surface area contributed by atoms with Gasteiger partial charge in [0.1, 0.15) is 5.56 Å². The van der Waals surface area contributed by atoms with Gasteiger partial charge in [0.05, 0.1) is 17.1 Å². The van der Waals surface area contributed by atoms with Crippen LogP contribution < -0.4 is 10.7 Å². The largest absolute Gasteiger partial charge is 0.416 e. The van der Waals surface area contributed by atoms with E-state index in [2.05, 4.69) is 5.32 Å². The maximum absolute atomic E-state index is 13.1. The summed E-state index contributed by atoms with van der Waals surface area (Å²) in [6, 6.07) is 11.8. The molecule has 0 aliphatic carbocycles. The fourth-order valence-electron chi connectivity index (χ4n) is 3.10. The number of aryl methyl sites for hydroxylation is 1. The van der Waals surface area contributed by atoms with E-state index in [1.54, 1.807) is 18.4 Å². The molecule has 1 N–H and O–H groups in total. The zero-order valence-corrected chi connectivity index (χ0v) is 15.4. The van der Waals surface area contributed by atoms with Crippen molar-refractivity contribution in [3.8, 4) is 0 Å². The van der Waals surface area contributed by atoms with Crippen molar-refractivity contribution in [3.63, 3.8) is 0 Å². The van der Waals surface area contributed by atoms with Crippen LogP contribution in [0, 0.1) is 0 Å². The molecule has 1 heterocycles. The van der Waals surface area contributed by atoms with Crippen LogP contribution in [-0.2, 0) is 12.7 Å². The summed E-state index contributed by atoms with van der Waals surface area (Å²) in [5.41, 5.74) is -0.616. The van der Waals surface area contributed by atoms with Crippen molar-refractivity contribution in [2.24, 2.45) is 0 Å². The predicted molar refractivity (Wildman–Crippen MR) is 101 cm³/mol. The smallest absolute Gasteiger partial charge is 0.347 e.